The van der Waals surface area contributed by atoms with Crippen LogP contribution in [0, 0.1) is 22.0 Å². The van der Waals surface area contributed by atoms with E-state index in [4.69, 9.17) is 4.74 Å². The van der Waals surface area contributed by atoms with Crippen LogP contribution >= 0.6 is 15.9 Å². The number of nitro groups is 1. The van der Waals surface area contributed by atoms with E-state index in [0.29, 0.717) is 23.9 Å². The van der Waals surface area contributed by atoms with Crippen LogP contribution in [0.5, 0.6) is 5.75 Å². The summed E-state index contributed by atoms with van der Waals surface area (Å²) in [6.45, 7) is 4.66. The monoisotopic (exact) mass is 356 g/mol. The lowest BCUT2D eigenvalue weighted by Crippen LogP contribution is -2.43. The van der Waals surface area contributed by atoms with E-state index in [2.05, 4.69) is 29.8 Å². The van der Waals surface area contributed by atoms with E-state index >= 15 is 0 Å². The summed E-state index contributed by atoms with van der Waals surface area (Å²) in [5, 5.41) is 11.7. The van der Waals surface area contributed by atoms with Crippen molar-refractivity contribution in [1.82, 2.24) is 0 Å². The smallest absolute Gasteiger partial charge is 0.271 e. The van der Waals surface area contributed by atoms with Crippen molar-refractivity contribution in [3.8, 4) is 5.75 Å². The number of hydrogen-bond acceptors (Lipinski definition) is 4. The van der Waals surface area contributed by atoms with Gasteiger partial charge in [0.05, 0.1) is 10.6 Å². The number of carbonyl (C=O) groups is 1. The third-order valence-corrected chi connectivity index (χ3v) is 4.49. The minimum atomic E-state index is -0.470. The molecule has 1 aromatic rings. The number of nitrogens with zero attached hydrogens (tertiary/aromatic N) is 2. The number of carbonyl (C=O) groups excluding carboxylic acids is 1. The van der Waals surface area contributed by atoms with E-state index < -0.39 is 4.92 Å². The molecule has 0 N–H and O–H groups in total. The van der Waals surface area contributed by atoms with Gasteiger partial charge < -0.3 is 9.64 Å². The summed E-state index contributed by atoms with van der Waals surface area (Å²) >= 11 is 3.46. The highest BCUT2D eigenvalue weighted by molar-refractivity contribution is 9.09. The van der Waals surface area contributed by atoms with Gasteiger partial charge in [0.25, 0.3) is 11.6 Å². The van der Waals surface area contributed by atoms with Crippen LogP contribution in [0.25, 0.3) is 0 Å². The molecule has 0 bridgehead atoms. The molecule has 7 heteroatoms. The van der Waals surface area contributed by atoms with Crippen molar-refractivity contribution in [1.29, 1.82) is 0 Å². The Labute approximate surface area is 131 Å². The van der Waals surface area contributed by atoms with Crippen LogP contribution in [0.1, 0.15) is 13.8 Å². The Bertz CT molecular complexity index is 562. The average Bonchev–Trinajstić information content (AvgIpc) is 2.45. The molecule has 1 aliphatic heterocycles. The largest absolute Gasteiger partial charge is 0.482 e. The molecular weight excluding hydrogens is 340 g/mol. The fraction of sp³-hybridized carbons (Fsp3) is 0.500. The second-order valence-electron chi connectivity index (χ2n) is 5.36. The van der Waals surface area contributed by atoms with Gasteiger partial charge in [0.15, 0.2) is 6.61 Å². The molecule has 1 unspecified atom stereocenters. The molecule has 0 aromatic heterocycles. The number of nitro benzene ring substituents is 1. The van der Waals surface area contributed by atoms with Crippen LogP contribution in [0.3, 0.4) is 0 Å². The van der Waals surface area contributed by atoms with Gasteiger partial charge in [-0.1, -0.05) is 29.8 Å². The molecule has 1 aliphatic rings. The lowest BCUT2D eigenvalue weighted by atomic mass is 9.97. The summed E-state index contributed by atoms with van der Waals surface area (Å²) in [6.07, 6.45) is 0. The van der Waals surface area contributed by atoms with Gasteiger partial charge in [0, 0.05) is 24.0 Å². The number of halogens is 1. The number of amides is 1. The van der Waals surface area contributed by atoms with Crippen molar-refractivity contribution >= 4 is 33.2 Å². The minimum absolute atomic E-state index is 0.0298. The number of rotatable bonds is 5. The van der Waals surface area contributed by atoms with Crippen LogP contribution in [0.2, 0.25) is 0 Å². The Morgan fingerprint density at radius 2 is 2.19 bits per heavy atom. The third-order valence-electron chi connectivity index (χ3n) is 3.65. The van der Waals surface area contributed by atoms with Crippen LogP contribution in [0.4, 0.5) is 11.4 Å². The number of benzene rings is 1. The first-order chi connectivity index (χ1) is 9.93. The highest BCUT2D eigenvalue weighted by Gasteiger charge is 2.30. The van der Waals surface area contributed by atoms with Crippen molar-refractivity contribution in [2.75, 3.05) is 23.4 Å². The van der Waals surface area contributed by atoms with E-state index in [1.54, 1.807) is 11.0 Å². The van der Waals surface area contributed by atoms with E-state index in [9.17, 15) is 14.9 Å². The first-order valence-electron chi connectivity index (χ1n) is 6.71. The van der Waals surface area contributed by atoms with E-state index in [0.717, 1.165) is 5.33 Å². The number of non-ortho nitro benzene ring substituents is 1. The molecule has 6 nitrogen and oxygen atoms in total. The SMILES string of the molecule is CC(C)C(CBr)CN1C(=O)COc2ccc([N+](=O)[O-])cc21. The highest BCUT2D eigenvalue weighted by Crippen LogP contribution is 2.36. The Morgan fingerprint density at radius 3 is 2.76 bits per heavy atom. The first kappa shape index (κ1) is 15.8. The van der Waals surface area contributed by atoms with Gasteiger partial charge in [0.1, 0.15) is 5.75 Å². The first-order valence-corrected chi connectivity index (χ1v) is 7.83. The minimum Gasteiger partial charge on any atom is -0.482 e. The van der Waals surface area contributed by atoms with Crippen LogP contribution in [0.15, 0.2) is 18.2 Å². The predicted octanol–water partition coefficient (Wildman–Crippen LogP) is 2.99. The van der Waals surface area contributed by atoms with Gasteiger partial charge >= 0.3 is 0 Å². The molecular formula is C14H17BrN2O4. The average molecular weight is 357 g/mol. The van der Waals surface area contributed by atoms with E-state index in [1.807, 2.05) is 0 Å². The van der Waals surface area contributed by atoms with Crippen LogP contribution in [-0.2, 0) is 4.79 Å². The van der Waals surface area contributed by atoms with E-state index in [-0.39, 0.29) is 24.1 Å². The topological polar surface area (TPSA) is 72.7 Å². The number of anilines is 1. The standard InChI is InChI=1S/C14H17BrN2O4/c1-9(2)10(6-15)7-16-12-5-11(17(19)20)3-4-13(12)21-8-14(16)18/h3-5,9-10H,6-8H2,1-2H3. The van der Waals surface area contributed by atoms with E-state index in [1.165, 1.54) is 12.1 Å². The summed E-state index contributed by atoms with van der Waals surface area (Å²) in [6, 6.07) is 4.33. The molecule has 0 saturated heterocycles. The molecule has 1 aromatic carbocycles. The molecule has 2 rings (SSSR count). The molecule has 114 valence electrons. The molecule has 0 radical (unpaired) electrons. The summed E-state index contributed by atoms with van der Waals surface area (Å²) < 4.78 is 5.35. The van der Waals surface area contributed by atoms with Gasteiger partial charge in [-0.25, -0.2) is 0 Å². The molecule has 0 fully saturated rings. The highest BCUT2D eigenvalue weighted by atomic mass is 79.9. The lowest BCUT2D eigenvalue weighted by molar-refractivity contribution is -0.384. The van der Waals surface area contributed by atoms with Gasteiger partial charge in [-0.2, -0.15) is 0 Å². The summed E-state index contributed by atoms with van der Waals surface area (Å²) in [7, 11) is 0. The second kappa shape index (κ2) is 6.43. The van der Waals surface area contributed by atoms with Crippen molar-refractivity contribution < 1.29 is 14.5 Å². The number of ether oxygens (including phenoxy) is 1. The Morgan fingerprint density at radius 1 is 1.48 bits per heavy atom. The summed E-state index contributed by atoms with van der Waals surface area (Å²) in [5.74, 6) is 0.994. The van der Waals surface area contributed by atoms with Gasteiger partial charge in [0.2, 0.25) is 0 Å². The number of alkyl halides is 1. The Kier molecular flexibility index (Phi) is 4.82. The molecule has 0 spiro atoms. The Balaban J connectivity index is 2.36. The van der Waals surface area contributed by atoms with Gasteiger partial charge in [-0.05, 0) is 17.9 Å². The molecule has 1 heterocycles. The maximum absolute atomic E-state index is 12.1. The quantitative estimate of drug-likeness (QED) is 0.461. The summed E-state index contributed by atoms with van der Waals surface area (Å²) in [4.78, 5) is 24.2. The Hall–Kier alpha value is -1.63. The molecule has 1 atom stereocenters. The lowest BCUT2D eigenvalue weighted by Gasteiger charge is -2.32. The zero-order valence-corrected chi connectivity index (χ0v) is 13.5. The van der Waals surface area contributed by atoms with Gasteiger partial charge in [-0.3, -0.25) is 14.9 Å². The van der Waals surface area contributed by atoms with Crippen molar-refractivity contribution in [2.45, 2.75) is 13.8 Å². The zero-order chi connectivity index (χ0) is 15.6. The van der Waals surface area contributed by atoms with Crippen molar-refractivity contribution in [2.24, 2.45) is 11.8 Å². The van der Waals surface area contributed by atoms with Crippen molar-refractivity contribution in [3.05, 3.63) is 28.3 Å². The summed E-state index contributed by atoms with van der Waals surface area (Å²) in [5.41, 5.74) is 0.434. The molecule has 21 heavy (non-hydrogen) atoms. The predicted molar refractivity (Wildman–Crippen MR) is 83.1 cm³/mol. The molecule has 1 amide bonds. The molecule has 0 saturated carbocycles. The normalized spacial score (nSPS) is 15.6. The van der Waals surface area contributed by atoms with Gasteiger partial charge in [-0.15, -0.1) is 0 Å². The zero-order valence-electron chi connectivity index (χ0n) is 11.9. The number of hydrogen-bond donors (Lipinski definition) is 0. The second-order valence-corrected chi connectivity index (χ2v) is 6.01. The maximum Gasteiger partial charge on any atom is 0.271 e. The number of fused-ring (bicyclic) bond motifs is 1. The molecule has 0 aliphatic carbocycles. The van der Waals surface area contributed by atoms with Crippen LogP contribution in [-0.4, -0.2) is 29.3 Å². The fourth-order valence-corrected chi connectivity index (χ4v) is 3.13. The maximum atomic E-state index is 12.1. The third kappa shape index (κ3) is 3.34. The van der Waals surface area contributed by atoms with Crippen molar-refractivity contribution in [3.63, 3.8) is 0 Å². The fourth-order valence-electron chi connectivity index (χ4n) is 2.18. The van der Waals surface area contributed by atoms with Crippen LogP contribution < -0.4 is 9.64 Å².